The molecule has 1 atom stereocenters. The van der Waals surface area contributed by atoms with Crippen molar-refractivity contribution in [3.63, 3.8) is 0 Å². The van der Waals surface area contributed by atoms with Gasteiger partial charge in [-0.25, -0.2) is 0 Å². The standard InChI is InChI=1S/C10H16N2O3/c1-14-6-8(13)5-10-11-9(12-15-10)4-7-2-3-7/h7-8,13H,2-6H2,1H3. The van der Waals surface area contributed by atoms with Gasteiger partial charge < -0.3 is 14.4 Å². The molecule has 0 aliphatic heterocycles. The molecule has 1 heterocycles. The summed E-state index contributed by atoms with van der Waals surface area (Å²) in [5.74, 6) is 2.01. The summed E-state index contributed by atoms with van der Waals surface area (Å²) in [5, 5.41) is 13.3. The van der Waals surface area contributed by atoms with Gasteiger partial charge in [0.25, 0.3) is 0 Å². The molecule has 15 heavy (non-hydrogen) atoms. The number of methoxy groups -OCH3 is 1. The van der Waals surface area contributed by atoms with Crippen LogP contribution in [-0.2, 0) is 17.6 Å². The van der Waals surface area contributed by atoms with Crippen LogP contribution in [-0.4, -0.2) is 35.1 Å². The van der Waals surface area contributed by atoms with Gasteiger partial charge in [-0.2, -0.15) is 4.98 Å². The van der Waals surface area contributed by atoms with E-state index in [1.54, 1.807) is 7.11 Å². The van der Waals surface area contributed by atoms with Crippen molar-refractivity contribution < 1.29 is 14.4 Å². The number of ether oxygens (including phenoxy) is 1. The van der Waals surface area contributed by atoms with E-state index in [1.165, 1.54) is 12.8 Å². The lowest BCUT2D eigenvalue weighted by Crippen LogP contribution is -2.17. The minimum atomic E-state index is -0.566. The van der Waals surface area contributed by atoms with Crippen LogP contribution in [0.1, 0.15) is 24.6 Å². The van der Waals surface area contributed by atoms with Crippen LogP contribution < -0.4 is 0 Å². The number of aliphatic hydroxyl groups is 1. The van der Waals surface area contributed by atoms with Crippen molar-refractivity contribution in [3.05, 3.63) is 11.7 Å². The lowest BCUT2D eigenvalue weighted by atomic mass is 10.2. The number of aromatic nitrogens is 2. The Kier molecular flexibility index (Phi) is 3.33. The Morgan fingerprint density at radius 1 is 1.60 bits per heavy atom. The van der Waals surface area contributed by atoms with Gasteiger partial charge in [0, 0.05) is 13.5 Å². The van der Waals surface area contributed by atoms with Crippen LogP contribution in [0.15, 0.2) is 4.52 Å². The van der Waals surface area contributed by atoms with Crippen LogP contribution in [0.3, 0.4) is 0 Å². The summed E-state index contributed by atoms with van der Waals surface area (Å²) in [4.78, 5) is 4.22. The second-order valence-electron chi connectivity index (χ2n) is 4.07. The minimum absolute atomic E-state index is 0.292. The van der Waals surface area contributed by atoms with Crippen molar-refractivity contribution in [1.29, 1.82) is 0 Å². The molecule has 1 aliphatic rings. The summed E-state index contributed by atoms with van der Waals surface area (Å²) in [7, 11) is 1.55. The van der Waals surface area contributed by atoms with Crippen molar-refractivity contribution in [2.75, 3.05) is 13.7 Å². The molecule has 1 aliphatic carbocycles. The molecule has 0 spiro atoms. The predicted octanol–water partition coefficient (Wildman–Crippen LogP) is 0.572. The molecular formula is C10H16N2O3. The number of aliphatic hydroxyl groups excluding tert-OH is 1. The first kappa shape index (κ1) is 10.6. The minimum Gasteiger partial charge on any atom is -0.390 e. The summed E-state index contributed by atoms with van der Waals surface area (Å²) in [6.07, 6.45) is 3.26. The van der Waals surface area contributed by atoms with Gasteiger partial charge in [0.2, 0.25) is 5.89 Å². The monoisotopic (exact) mass is 212 g/mol. The first-order chi connectivity index (χ1) is 7.28. The van der Waals surface area contributed by atoms with Gasteiger partial charge in [0.05, 0.1) is 19.1 Å². The Morgan fingerprint density at radius 2 is 2.40 bits per heavy atom. The molecule has 0 saturated heterocycles. The highest BCUT2D eigenvalue weighted by Gasteiger charge is 2.24. The molecule has 1 aromatic rings. The van der Waals surface area contributed by atoms with E-state index < -0.39 is 6.10 Å². The van der Waals surface area contributed by atoms with Gasteiger partial charge >= 0.3 is 0 Å². The van der Waals surface area contributed by atoms with Crippen molar-refractivity contribution in [3.8, 4) is 0 Å². The first-order valence-corrected chi connectivity index (χ1v) is 5.26. The topological polar surface area (TPSA) is 68.4 Å². The van der Waals surface area contributed by atoms with E-state index >= 15 is 0 Å². The Hall–Kier alpha value is -0.940. The molecule has 0 bridgehead atoms. The quantitative estimate of drug-likeness (QED) is 0.746. The fraction of sp³-hybridized carbons (Fsp3) is 0.800. The van der Waals surface area contributed by atoms with Crippen molar-refractivity contribution in [1.82, 2.24) is 10.1 Å². The Bertz CT molecular complexity index is 309. The third kappa shape index (κ3) is 3.28. The zero-order valence-electron chi connectivity index (χ0n) is 8.85. The van der Waals surface area contributed by atoms with E-state index in [0.29, 0.717) is 18.9 Å². The molecule has 1 unspecified atom stereocenters. The average molecular weight is 212 g/mol. The van der Waals surface area contributed by atoms with E-state index in [2.05, 4.69) is 10.1 Å². The Labute approximate surface area is 88.4 Å². The molecule has 84 valence electrons. The van der Waals surface area contributed by atoms with E-state index in [1.807, 2.05) is 0 Å². The average Bonchev–Trinajstić information content (AvgIpc) is 2.88. The first-order valence-electron chi connectivity index (χ1n) is 5.26. The Balaban J connectivity index is 1.82. The number of hydrogen-bond acceptors (Lipinski definition) is 5. The number of rotatable bonds is 6. The van der Waals surface area contributed by atoms with Crippen LogP contribution in [0.25, 0.3) is 0 Å². The smallest absolute Gasteiger partial charge is 0.229 e. The highest BCUT2D eigenvalue weighted by Crippen LogP contribution is 2.31. The molecule has 0 radical (unpaired) electrons. The molecule has 1 saturated carbocycles. The van der Waals surface area contributed by atoms with Crippen LogP contribution in [0, 0.1) is 5.92 Å². The van der Waals surface area contributed by atoms with Gasteiger partial charge in [-0.05, 0) is 18.8 Å². The third-order valence-electron chi connectivity index (χ3n) is 2.45. The molecule has 0 amide bonds. The normalized spacial score (nSPS) is 18.0. The third-order valence-corrected chi connectivity index (χ3v) is 2.45. The molecule has 1 fully saturated rings. The molecule has 5 heteroatoms. The summed E-state index contributed by atoms with van der Waals surface area (Å²) in [5.41, 5.74) is 0. The van der Waals surface area contributed by atoms with Crippen LogP contribution in [0.4, 0.5) is 0 Å². The summed E-state index contributed by atoms with van der Waals surface area (Å²) in [6.45, 7) is 0.292. The molecule has 5 nitrogen and oxygen atoms in total. The fourth-order valence-corrected chi connectivity index (χ4v) is 1.49. The van der Waals surface area contributed by atoms with E-state index in [4.69, 9.17) is 9.26 Å². The summed E-state index contributed by atoms with van der Waals surface area (Å²) >= 11 is 0. The molecule has 0 aromatic carbocycles. The largest absolute Gasteiger partial charge is 0.390 e. The van der Waals surface area contributed by atoms with Gasteiger partial charge in [0.1, 0.15) is 0 Å². The fourth-order valence-electron chi connectivity index (χ4n) is 1.49. The zero-order valence-corrected chi connectivity index (χ0v) is 8.85. The number of hydrogen-bond donors (Lipinski definition) is 1. The summed E-state index contributed by atoms with van der Waals surface area (Å²) in [6, 6.07) is 0. The second kappa shape index (κ2) is 4.72. The maximum absolute atomic E-state index is 9.45. The van der Waals surface area contributed by atoms with Crippen LogP contribution in [0.2, 0.25) is 0 Å². The van der Waals surface area contributed by atoms with Gasteiger partial charge in [-0.15, -0.1) is 0 Å². The Morgan fingerprint density at radius 3 is 3.07 bits per heavy atom. The highest BCUT2D eigenvalue weighted by atomic mass is 16.5. The van der Waals surface area contributed by atoms with E-state index in [-0.39, 0.29) is 0 Å². The molecule has 1 N–H and O–H groups in total. The van der Waals surface area contributed by atoms with Gasteiger partial charge in [-0.3, -0.25) is 0 Å². The zero-order chi connectivity index (χ0) is 10.7. The lowest BCUT2D eigenvalue weighted by Gasteiger charge is -2.04. The van der Waals surface area contributed by atoms with Gasteiger partial charge in [0.15, 0.2) is 5.82 Å². The number of nitrogens with zero attached hydrogens (tertiary/aromatic N) is 2. The molecule has 1 aromatic heterocycles. The van der Waals surface area contributed by atoms with Crippen molar-refractivity contribution >= 4 is 0 Å². The predicted molar refractivity (Wildman–Crippen MR) is 52.3 cm³/mol. The van der Waals surface area contributed by atoms with Gasteiger partial charge in [-0.1, -0.05) is 5.16 Å². The molecule has 2 rings (SSSR count). The summed E-state index contributed by atoms with van der Waals surface area (Å²) < 4.78 is 9.85. The lowest BCUT2D eigenvalue weighted by molar-refractivity contribution is 0.0599. The second-order valence-corrected chi connectivity index (χ2v) is 4.07. The maximum atomic E-state index is 9.45. The van der Waals surface area contributed by atoms with Crippen molar-refractivity contribution in [2.45, 2.75) is 31.8 Å². The SMILES string of the molecule is COCC(O)Cc1nc(CC2CC2)no1. The van der Waals surface area contributed by atoms with Crippen LogP contribution >= 0.6 is 0 Å². The van der Waals surface area contributed by atoms with Crippen molar-refractivity contribution in [2.24, 2.45) is 5.92 Å². The highest BCUT2D eigenvalue weighted by molar-refractivity contribution is 4.92. The maximum Gasteiger partial charge on any atom is 0.229 e. The van der Waals surface area contributed by atoms with Crippen LogP contribution in [0.5, 0.6) is 0 Å². The van der Waals surface area contributed by atoms with E-state index in [0.717, 1.165) is 18.2 Å². The molecular weight excluding hydrogens is 196 g/mol. The van der Waals surface area contributed by atoms with E-state index in [9.17, 15) is 5.11 Å².